The average molecular weight is 224 g/mol. The molecule has 0 heterocycles. The summed E-state index contributed by atoms with van der Waals surface area (Å²) >= 11 is 0. The molecule has 1 atom stereocenters. The number of rotatable bonds is 7. The van der Waals surface area contributed by atoms with Crippen LogP contribution in [-0.2, 0) is 0 Å². The third-order valence-electron chi connectivity index (χ3n) is 4.50. The molecule has 16 heavy (non-hydrogen) atoms. The number of unbranched alkanes of at least 4 members (excludes halogenated alkanes) is 3. The molecule has 0 aromatic heterocycles. The van der Waals surface area contributed by atoms with Gasteiger partial charge in [0.2, 0.25) is 0 Å². The molecule has 1 aliphatic rings. The molecular weight excluding hydrogens is 192 g/mol. The standard InChI is InChI=1S/C16H32/c1-4-5-6-10-13-16(14(2)3)15-11-8-7-9-12-15/h14-16H,4-13H2,1-3H3. The second-order valence-corrected chi connectivity index (χ2v) is 6.16. The normalized spacial score (nSPS) is 20.2. The highest BCUT2D eigenvalue weighted by molar-refractivity contribution is 4.76. The second-order valence-electron chi connectivity index (χ2n) is 6.16. The Labute approximate surface area is 103 Å². The summed E-state index contributed by atoms with van der Waals surface area (Å²) in [5, 5.41) is 0. The van der Waals surface area contributed by atoms with Gasteiger partial charge < -0.3 is 0 Å². The van der Waals surface area contributed by atoms with Gasteiger partial charge in [0, 0.05) is 0 Å². The molecule has 0 radical (unpaired) electrons. The highest BCUT2D eigenvalue weighted by Gasteiger charge is 2.25. The molecule has 1 unspecified atom stereocenters. The van der Waals surface area contributed by atoms with Gasteiger partial charge in [-0.3, -0.25) is 0 Å². The first-order chi connectivity index (χ1) is 7.75. The van der Waals surface area contributed by atoms with E-state index >= 15 is 0 Å². The minimum atomic E-state index is 0.907. The summed E-state index contributed by atoms with van der Waals surface area (Å²) in [6.45, 7) is 7.19. The van der Waals surface area contributed by atoms with Crippen LogP contribution in [-0.4, -0.2) is 0 Å². The van der Waals surface area contributed by atoms with Crippen molar-refractivity contribution in [1.29, 1.82) is 0 Å². The third-order valence-corrected chi connectivity index (χ3v) is 4.50. The summed E-state index contributed by atoms with van der Waals surface area (Å²) in [5.74, 6) is 3.00. The summed E-state index contributed by atoms with van der Waals surface area (Å²) < 4.78 is 0. The molecule has 0 amide bonds. The summed E-state index contributed by atoms with van der Waals surface area (Å²) in [6, 6.07) is 0. The van der Waals surface area contributed by atoms with Crippen LogP contribution in [0.15, 0.2) is 0 Å². The Morgan fingerprint density at radius 1 is 0.938 bits per heavy atom. The van der Waals surface area contributed by atoms with Crippen LogP contribution < -0.4 is 0 Å². The summed E-state index contributed by atoms with van der Waals surface area (Å²) in [7, 11) is 0. The van der Waals surface area contributed by atoms with Crippen LogP contribution in [0.5, 0.6) is 0 Å². The zero-order chi connectivity index (χ0) is 11.8. The molecule has 0 spiro atoms. The molecule has 0 aliphatic heterocycles. The quantitative estimate of drug-likeness (QED) is 0.479. The predicted octanol–water partition coefficient (Wildman–Crippen LogP) is 5.81. The molecule has 96 valence electrons. The molecule has 1 fully saturated rings. The summed E-state index contributed by atoms with van der Waals surface area (Å²) in [6.07, 6.45) is 14.8. The van der Waals surface area contributed by atoms with Gasteiger partial charge in [-0.25, -0.2) is 0 Å². The van der Waals surface area contributed by atoms with E-state index in [0.29, 0.717) is 0 Å². The van der Waals surface area contributed by atoms with Crippen LogP contribution in [0.1, 0.15) is 85.0 Å². The van der Waals surface area contributed by atoms with Crippen LogP contribution >= 0.6 is 0 Å². The van der Waals surface area contributed by atoms with Crippen molar-refractivity contribution in [1.82, 2.24) is 0 Å². The Balaban J connectivity index is 2.28. The monoisotopic (exact) mass is 224 g/mol. The lowest BCUT2D eigenvalue weighted by atomic mass is 9.73. The lowest BCUT2D eigenvalue weighted by molar-refractivity contribution is 0.180. The Kier molecular flexibility index (Phi) is 7.16. The molecule has 0 saturated heterocycles. The lowest BCUT2D eigenvalue weighted by Gasteiger charge is -2.33. The van der Waals surface area contributed by atoms with E-state index in [2.05, 4.69) is 20.8 Å². The van der Waals surface area contributed by atoms with Gasteiger partial charge in [-0.15, -0.1) is 0 Å². The molecular formula is C16H32. The zero-order valence-corrected chi connectivity index (χ0v) is 11.8. The SMILES string of the molecule is CCCCCCC(C(C)C)C1CCCCC1. The van der Waals surface area contributed by atoms with Gasteiger partial charge in [-0.05, 0) is 24.2 Å². The van der Waals surface area contributed by atoms with Crippen molar-refractivity contribution in [3.63, 3.8) is 0 Å². The smallest absolute Gasteiger partial charge is 0.0363 e. The highest BCUT2D eigenvalue weighted by Crippen LogP contribution is 2.36. The Morgan fingerprint density at radius 3 is 2.19 bits per heavy atom. The molecule has 0 aromatic rings. The number of hydrogen-bond acceptors (Lipinski definition) is 0. The van der Waals surface area contributed by atoms with Gasteiger partial charge in [-0.1, -0.05) is 78.6 Å². The molecule has 0 N–H and O–H groups in total. The van der Waals surface area contributed by atoms with Crippen LogP contribution in [0.25, 0.3) is 0 Å². The van der Waals surface area contributed by atoms with Crippen molar-refractivity contribution in [2.75, 3.05) is 0 Å². The van der Waals surface area contributed by atoms with Crippen molar-refractivity contribution in [3.05, 3.63) is 0 Å². The van der Waals surface area contributed by atoms with Crippen molar-refractivity contribution in [2.24, 2.45) is 17.8 Å². The maximum Gasteiger partial charge on any atom is -0.0363 e. The van der Waals surface area contributed by atoms with Crippen molar-refractivity contribution in [2.45, 2.75) is 85.0 Å². The number of hydrogen-bond donors (Lipinski definition) is 0. The first-order valence-electron chi connectivity index (χ1n) is 7.75. The zero-order valence-electron chi connectivity index (χ0n) is 11.8. The van der Waals surface area contributed by atoms with Crippen LogP contribution in [0.4, 0.5) is 0 Å². The van der Waals surface area contributed by atoms with Crippen molar-refractivity contribution in [3.8, 4) is 0 Å². The van der Waals surface area contributed by atoms with Gasteiger partial charge in [0.1, 0.15) is 0 Å². The predicted molar refractivity (Wildman–Crippen MR) is 73.7 cm³/mol. The third kappa shape index (κ3) is 4.89. The Bertz CT molecular complexity index is 153. The molecule has 1 saturated carbocycles. The lowest BCUT2D eigenvalue weighted by Crippen LogP contribution is -2.22. The summed E-state index contributed by atoms with van der Waals surface area (Å²) in [5.41, 5.74) is 0. The molecule has 0 aromatic carbocycles. The van der Waals surface area contributed by atoms with E-state index in [4.69, 9.17) is 0 Å². The maximum atomic E-state index is 2.44. The van der Waals surface area contributed by atoms with Crippen LogP contribution in [0, 0.1) is 17.8 Å². The molecule has 0 bridgehead atoms. The van der Waals surface area contributed by atoms with Gasteiger partial charge in [-0.2, -0.15) is 0 Å². The van der Waals surface area contributed by atoms with Gasteiger partial charge in [0.15, 0.2) is 0 Å². The first-order valence-corrected chi connectivity index (χ1v) is 7.75. The van der Waals surface area contributed by atoms with E-state index < -0.39 is 0 Å². The van der Waals surface area contributed by atoms with Gasteiger partial charge in [0.25, 0.3) is 0 Å². The van der Waals surface area contributed by atoms with Crippen LogP contribution in [0.3, 0.4) is 0 Å². The molecule has 0 heteroatoms. The molecule has 1 aliphatic carbocycles. The van der Waals surface area contributed by atoms with E-state index in [0.717, 1.165) is 17.8 Å². The van der Waals surface area contributed by atoms with E-state index in [1.54, 1.807) is 0 Å². The largest absolute Gasteiger partial charge is 0.0654 e. The molecule has 0 nitrogen and oxygen atoms in total. The fourth-order valence-corrected chi connectivity index (χ4v) is 3.48. The van der Waals surface area contributed by atoms with E-state index in [-0.39, 0.29) is 0 Å². The minimum absolute atomic E-state index is 0.907. The van der Waals surface area contributed by atoms with Crippen molar-refractivity contribution < 1.29 is 0 Å². The Morgan fingerprint density at radius 2 is 1.62 bits per heavy atom. The Hall–Kier alpha value is 0. The molecule has 1 rings (SSSR count). The summed E-state index contributed by atoms with van der Waals surface area (Å²) in [4.78, 5) is 0. The topological polar surface area (TPSA) is 0 Å². The second kappa shape index (κ2) is 8.14. The van der Waals surface area contributed by atoms with Crippen molar-refractivity contribution >= 4 is 0 Å². The van der Waals surface area contributed by atoms with E-state index in [1.807, 2.05) is 0 Å². The first kappa shape index (κ1) is 14.1. The van der Waals surface area contributed by atoms with E-state index in [1.165, 1.54) is 64.2 Å². The van der Waals surface area contributed by atoms with Crippen LogP contribution in [0.2, 0.25) is 0 Å². The fraction of sp³-hybridized carbons (Fsp3) is 1.00. The van der Waals surface area contributed by atoms with Gasteiger partial charge in [0.05, 0.1) is 0 Å². The maximum absolute atomic E-state index is 2.44. The van der Waals surface area contributed by atoms with Gasteiger partial charge >= 0.3 is 0 Å². The average Bonchev–Trinajstić information content (AvgIpc) is 2.30. The minimum Gasteiger partial charge on any atom is -0.0654 e. The highest BCUT2D eigenvalue weighted by atomic mass is 14.3. The van der Waals surface area contributed by atoms with E-state index in [9.17, 15) is 0 Å². The fourth-order valence-electron chi connectivity index (χ4n) is 3.48.